The van der Waals surface area contributed by atoms with Gasteiger partial charge in [-0.1, -0.05) is 30.1 Å². The lowest BCUT2D eigenvalue weighted by Crippen LogP contribution is -2.06. The number of hydrogen-bond donors (Lipinski definition) is 1. The maximum atomic E-state index is 6.11. The minimum atomic E-state index is 0.138. The third-order valence-electron chi connectivity index (χ3n) is 2.22. The molecule has 1 N–H and O–H groups in total. The quantitative estimate of drug-likeness (QED) is 0.840. The third kappa shape index (κ3) is 4.38. The molecule has 1 aromatic heterocycles. The van der Waals surface area contributed by atoms with Gasteiger partial charge in [0.25, 0.3) is 0 Å². The Balaban J connectivity index is 2.24. The fraction of sp³-hybridized carbons (Fsp3) is 0.250. The molecule has 0 aliphatic heterocycles. The van der Waals surface area contributed by atoms with E-state index in [1.807, 2.05) is 0 Å². The Morgan fingerprint density at radius 2 is 1.95 bits per heavy atom. The summed E-state index contributed by atoms with van der Waals surface area (Å²) in [5.41, 5.74) is 0. The normalized spacial score (nSPS) is 10.6. The van der Waals surface area contributed by atoms with Crippen LogP contribution in [0.15, 0.2) is 28.3 Å². The standard InChI is InChI=1S/C12H11Cl3N4S/c1-2-5-16-11-17-10(15)18-12(19-11)20-9-6-7(13)3-4-8(9)14/h3-4,6H,2,5H2,1H3,(H,16,17,18,19). The van der Waals surface area contributed by atoms with Crippen molar-refractivity contribution in [2.75, 3.05) is 11.9 Å². The van der Waals surface area contributed by atoms with E-state index in [1.165, 1.54) is 11.8 Å². The molecule has 0 bridgehead atoms. The molecule has 8 heteroatoms. The van der Waals surface area contributed by atoms with E-state index in [1.54, 1.807) is 18.2 Å². The maximum Gasteiger partial charge on any atom is 0.228 e. The Hall–Kier alpha value is -0.750. The van der Waals surface area contributed by atoms with Crippen molar-refractivity contribution in [1.29, 1.82) is 0 Å². The average molecular weight is 350 g/mol. The molecule has 0 spiro atoms. The molecular weight excluding hydrogens is 339 g/mol. The summed E-state index contributed by atoms with van der Waals surface area (Å²) in [7, 11) is 0. The molecule has 0 saturated carbocycles. The van der Waals surface area contributed by atoms with Crippen molar-refractivity contribution >= 4 is 52.5 Å². The Bertz CT molecular complexity index is 609. The van der Waals surface area contributed by atoms with Gasteiger partial charge in [0.2, 0.25) is 11.2 Å². The van der Waals surface area contributed by atoms with Gasteiger partial charge < -0.3 is 5.32 Å². The smallest absolute Gasteiger partial charge is 0.228 e. The number of nitrogens with zero attached hydrogens (tertiary/aromatic N) is 3. The lowest BCUT2D eigenvalue weighted by atomic mass is 10.4. The van der Waals surface area contributed by atoms with Gasteiger partial charge in [-0.25, -0.2) is 0 Å². The van der Waals surface area contributed by atoms with E-state index in [2.05, 4.69) is 27.2 Å². The van der Waals surface area contributed by atoms with Crippen LogP contribution in [-0.4, -0.2) is 21.5 Å². The second-order valence-electron chi connectivity index (χ2n) is 3.81. The van der Waals surface area contributed by atoms with E-state index in [0.29, 0.717) is 21.2 Å². The molecular formula is C12H11Cl3N4S. The molecule has 0 saturated heterocycles. The first-order valence-electron chi connectivity index (χ1n) is 5.87. The summed E-state index contributed by atoms with van der Waals surface area (Å²) in [6, 6.07) is 5.21. The van der Waals surface area contributed by atoms with Gasteiger partial charge in [0, 0.05) is 16.5 Å². The molecule has 20 heavy (non-hydrogen) atoms. The molecule has 0 unspecified atom stereocenters. The van der Waals surface area contributed by atoms with Crippen molar-refractivity contribution in [3.63, 3.8) is 0 Å². The molecule has 0 atom stereocenters. The number of benzene rings is 1. The van der Waals surface area contributed by atoms with Crippen molar-refractivity contribution < 1.29 is 0 Å². The number of nitrogens with one attached hydrogen (secondary N) is 1. The summed E-state index contributed by atoms with van der Waals surface area (Å²) < 4.78 is 0. The van der Waals surface area contributed by atoms with Crippen molar-refractivity contribution in [2.24, 2.45) is 0 Å². The van der Waals surface area contributed by atoms with Gasteiger partial charge in [-0.2, -0.15) is 15.0 Å². The lowest BCUT2D eigenvalue weighted by molar-refractivity contribution is 0.878. The fourth-order valence-corrected chi connectivity index (χ4v) is 2.84. The summed E-state index contributed by atoms with van der Waals surface area (Å²) in [6.07, 6.45) is 0.964. The number of rotatable bonds is 5. The molecule has 1 aromatic carbocycles. The molecule has 2 aromatic rings. The molecule has 106 valence electrons. The minimum Gasteiger partial charge on any atom is -0.354 e. The van der Waals surface area contributed by atoms with Crippen LogP contribution in [0.5, 0.6) is 0 Å². The fourth-order valence-electron chi connectivity index (χ4n) is 1.35. The highest BCUT2D eigenvalue weighted by Crippen LogP contribution is 2.33. The monoisotopic (exact) mass is 348 g/mol. The van der Waals surface area contributed by atoms with Crippen LogP contribution in [0.25, 0.3) is 0 Å². The molecule has 2 rings (SSSR count). The zero-order valence-corrected chi connectivity index (χ0v) is 13.6. The summed E-state index contributed by atoms with van der Waals surface area (Å²) in [4.78, 5) is 13.1. The summed E-state index contributed by atoms with van der Waals surface area (Å²) in [5.74, 6) is 0.451. The highest BCUT2D eigenvalue weighted by molar-refractivity contribution is 7.99. The number of aromatic nitrogens is 3. The molecule has 0 fully saturated rings. The van der Waals surface area contributed by atoms with Crippen LogP contribution >= 0.6 is 46.6 Å². The van der Waals surface area contributed by atoms with Crippen molar-refractivity contribution in [2.45, 2.75) is 23.4 Å². The van der Waals surface area contributed by atoms with Gasteiger partial charge in [0.15, 0.2) is 5.16 Å². The molecule has 0 radical (unpaired) electrons. The van der Waals surface area contributed by atoms with Crippen LogP contribution in [0.2, 0.25) is 15.3 Å². The Morgan fingerprint density at radius 1 is 1.15 bits per heavy atom. The zero-order chi connectivity index (χ0) is 14.5. The first-order valence-corrected chi connectivity index (χ1v) is 7.82. The first-order chi connectivity index (χ1) is 9.58. The van der Waals surface area contributed by atoms with Crippen LogP contribution in [0.4, 0.5) is 5.95 Å². The van der Waals surface area contributed by atoms with Crippen molar-refractivity contribution in [3.05, 3.63) is 33.5 Å². The first kappa shape index (κ1) is 15.6. The zero-order valence-electron chi connectivity index (χ0n) is 10.5. The van der Waals surface area contributed by atoms with E-state index in [9.17, 15) is 0 Å². The highest BCUT2D eigenvalue weighted by atomic mass is 35.5. The number of anilines is 1. The second-order valence-corrected chi connectivity index (χ2v) is 6.01. The van der Waals surface area contributed by atoms with Crippen LogP contribution in [0.1, 0.15) is 13.3 Å². The molecule has 0 aliphatic rings. The van der Waals surface area contributed by atoms with Gasteiger partial charge in [0.1, 0.15) is 0 Å². The lowest BCUT2D eigenvalue weighted by Gasteiger charge is -2.06. The molecule has 1 heterocycles. The largest absolute Gasteiger partial charge is 0.354 e. The maximum absolute atomic E-state index is 6.11. The van der Waals surface area contributed by atoms with E-state index >= 15 is 0 Å². The highest BCUT2D eigenvalue weighted by Gasteiger charge is 2.09. The topological polar surface area (TPSA) is 50.7 Å². The predicted molar refractivity (Wildman–Crippen MR) is 84.2 cm³/mol. The van der Waals surface area contributed by atoms with E-state index in [4.69, 9.17) is 34.8 Å². The number of hydrogen-bond acceptors (Lipinski definition) is 5. The number of halogens is 3. The second kappa shape index (κ2) is 7.31. The summed E-state index contributed by atoms with van der Waals surface area (Å²) >= 11 is 19.2. The average Bonchev–Trinajstić information content (AvgIpc) is 2.40. The summed E-state index contributed by atoms with van der Waals surface area (Å²) in [5, 5.41) is 4.85. The van der Waals surface area contributed by atoms with Gasteiger partial charge >= 0.3 is 0 Å². The summed E-state index contributed by atoms with van der Waals surface area (Å²) in [6.45, 7) is 2.82. The van der Waals surface area contributed by atoms with Crippen molar-refractivity contribution in [1.82, 2.24) is 15.0 Å². The van der Waals surface area contributed by atoms with Crippen molar-refractivity contribution in [3.8, 4) is 0 Å². The van der Waals surface area contributed by atoms with E-state index < -0.39 is 0 Å². The molecule has 0 amide bonds. The van der Waals surface area contributed by atoms with Gasteiger partial charge in [-0.15, -0.1) is 0 Å². The third-order valence-corrected chi connectivity index (χ3v) is 3.98. The van der Waals surface area contributed by atoms with Crippen LogP contribution in [0, 0.1) is 0 Å². The minimum absolute atomic E-state index is 0.138. The van der Waals surface area contributed by atoms with E-state index in [-0.39, 0.29) is 5.28 Å². The Kier molecular flexibility index (Phi) is 5.72. The predicted octanol–water partition coefficient (Wildman–Crippen LogP) is 4.80. The van der Waals surface area contributed by atoms with Crippen LogP contribution in [-0.2, 0) is 0 Å². The van der Waals surface area contributed by atoms with Gasteiger partial charge in [-0.05, 0) is 48.0 Å². The van der Waals surface area contributed by atoms with Gasteiger partial charge in [0.05, 0.1) is 5.02 Å². The van der Waals surface area contributed by atoms with Crippen LogP contribution in [0.3, 0.4) is 0 Å². The molecule has 4 nitrogen and oxygen atoms in total. The van der Waals surface area contributed by atoms with Gasteiger partial charge in [-0.3, -0.25) is 0 Å². The van der Waals surface area contributed by atoms with E-state index in [0.717, 1.165) is 17.9 Å². The Morgan fingerprint density at radius 3 is 2.70 bits per heavy atom. The molecule has 0 aliphatic carbocycles. The Labute approximate surface area is 136 Å². The van der Waals surface area contributed by atoms with Crippen LogP contribution < -0.4 is 5.32 Å². The SMILES string of the molecule is CCCNc1nc(Cl)nc(Sc2cc(Cl)ccc2Cl)n1.